The number of amides is 1. The number of pyridine rings is 1. The second kappa shape index (κ2) is 7.67. The topological polar surface area (TPSA) is 45.2 Å². The summed E-state index contributed by atoms with van der Waals surface area (Å²) in [5, 5.41) is 3.73. The summed E-state index contributed by atoms with van der Waals surface area (Å²) in [5.41, 5.74) is 0.762. The van der Waals surface area contributed by atoms with E-state index in [4.69, 9.17) is 11.6 Å². The molecule has 1 aliphatic heterocycles. The minimum absolute atomic E-state index is 0.0926. The van der Waals surface area contributed by atoms with Crippen molar-refractivity contribution in [3.63, 3.8) is 0 Å². The molecule has 1 aromatic heterocycles. The van der Waals surface area contributed by atoms with E-state index in [-0.39, 0.29) is 22.9 Å². The molecule has 2 aromatic rings. The molecule has 1 aliphatic rings. The fourth-order valence-corrected chi connectivity index (χ4v) is 3.44. The Morgan fingerprint density at radius 1 is 1.40 bits per heavy atom. The largest absolute Gasteiger partial charge is 0.350 e. The number of aromatic nitrogens is 1. The molecule has 0 radical (unpaired) electrons. The van der Waals surface area contributed by atoms with E-state index in [0.717, 1.165) is 19.0 Å². The van der Waals surface area contributed by atoms with Crippen LogP contribution in [-0.2, 0) is 0 Å². The summed E-state index contributed by atoms with van der Waals surface area (Å²) >= 11 is 6.13. The Morgan fingerprint density at radius 2 is 2.12 bits per heavy atom. The van der Waals surface area contributed by atoms with Gasteiger partial charge in [-0.15, -0.1) is 0 Å². The Bertz CT molecular complexity index is 775. The first kappa shape index (κ1) is 18.1. The number of carbonyl (C=O) groups is 1. The average molecular weight is 364 g/mol. The van der Waals surface area contributed by atoms with Crippen molar-refractivity contribution < 1.29 is 9.18 Å². The Balaban J connectivity index is 1.65. The minimum atomic E-state index is -0.377. The Kier molecular flexibility index (Phi) is 5.54. The standard InChI is InChI=1S/C19H23ClFN3O/c1-12-5-7-24(8-6-12)13(2)11-22-19(25)16-9-14-3-4-15(21)10-17(14)23-18(16)20/h3-4,9-10,12-13H,5-8,11H2,1-2H3,(H,22,25). The van der Waals surface area contributed by atoms with E-state index in [9.17, 15) is 9.18 Å². The van der Waals surface area contributed by atoms with E-state index < -0.39 is 0 Å². The van der Waals surface area contributed by atoms with Gasteiger partial charge in [0.15, 0.2) is 0 Å². The number of carbonyl (C=O) groups excluding carboxylic acids is 1. The predicted octanol–water partition coefficient (Wildman–Crippen LogP) is 3.88. The molecule has 134 valence electrons. The summed E-state index contributed by atoms with van der Waals surface area (Å²) in [5.74, 6) is 0.157. The minimum Gasteiger partial charge on any atom is -0.350 e. The van der Waals surface area contributed by atoms with Crippen molar-refractivity contribution in [1.29, 1.82) is 0 Å². The van der Waals surface area contributed by atoms with Crippen molar-refractivity contribution >= 4 is 28.4 Å². The number of piperidine rings is 1. The molecule has 1 atom stereocenters. The van der Waals surface area contributed by atoms with Gasteiger partial charge in [0.2, 0.25) is 0 Å². The van der Waals surface area contributed by atoms with Crippen LogP contribution in [0.25, 0.3) is 10.9 Å². The van der Waals surface area contributed by atoms with Crippen molar-refractivity contribution in [3.8, 4) is 0 Å². The maximum atomic E-state index is 13.3. The Morgan fingerprint density at radius 3 is 2.84 bits per heavy atom. The number of likely N-dealkylation sites (tertiary alicyclic amines) is 1. The second-order valence-electron chi connectivity index (χ2n) is 6.94. The van der Waals surface area contributed by atoms with Gasteiger partial charge in [-0.2, -0.15) is 0 Å². The summed E-state index contributed by atoms with van der Waals surface area (Å²) in [6, 6.07) is 6.19. The lowest BCUT2D eigenvalue weighted by Gasteiger charge is -2.35. The van der Waals surface area contributed by atoms with Crippen LogP contribution in [0.4, 0.5) is 4.39 Å². The maximum Gasteiger partial charge on any atom is 0.254 e. The molecule has 1 unspecified atom stereocenters. The van der Waals surface area contributed by atoms with Gasteiger partial charge < -0.3 is 5.32 Å². The van der Waals surface area contributed by atoms with Crippen LogP contribution in [-0.4, -0.2) is 41.5 Å². The monoisotopic (exact) mass is 363 g/mol. The molecule has 1 aromatic carbocycles. The molecule has 6 heteroatoms. The van der Waals surface area contributed by atoms with E-state index in [2.05, 4.69) is 29.0 Å². The van der Waals surface area contributed by atoms with Crippen LogP contribution in [0.15, 0.2) is 24.3 Å². The highest BCUT2D eigenvalue weighted by atomic mass is 35.5. The van der Waals surface area contributed by atoms with Gasteiger partial charge in [0.25, 0.3) is 5.91 Å². The molecule has 1 fully saturated rings. The second-order valence-corrected chi connectivity index (χ2v) is 7.30. The van der Waals surface area contributed by atoms with Crippen LogP contribution >= 0.6 is 11.6 Å². The van der Waals surface area contributed by atoms with Crippen LogP contribution in [0, 0.1) is 11.7 Å². The molecule has 1 N–H and O–H groups in total. The third kappa shape index (κ3) is 4.28. The quantitative estimate of drug-likeness (QED) is 0.838. The zero-order valence-corrected chi connectivity index (χ0v) is 15.3. The lowest BCUT2D eigenvalue weighted by atomic mass is 9.98. The van der Waals surface area contributed by atoms with Crippen LogP contribution in [0.3, 0.4) is 0 Å². The van der Waals surface area contributed by atoms with Crippen molar-refractivity contribution in [2.24, 2.45) is 5.92 Å². The first-order valence-corrected chi connectivity index (χ1v) is 9.10. The zero-order chi connectivity index (χ0) is 18.0. The van der Waals surface area contributed by atoms with E-state index in [1.54, 1.807) is 12.1 Å². The molecule has 4 nitrogen and oxygen atoms in total. The van der Waals surface area contributed by atoms with Crippen LogP contribution < -0.4 is 5.32 Å². The summed E-state index contributed by atoms with van der Waals surface area (Å²) in [6.45, 7) is 7.11. The van der Waals surface area contributed by atoms with Crippen molar-refractivity contribution in [2.45, 2.75) is 32.7 Å². The van der Waals surface area contributed by atoms with Gasteiger partial charge in [-0.05, 0) is 57.0 Å². The molecule has 1 amide bonds. The van der Waals surface area contributed by atoms with Crippen molar-refractivity contribution in [3.05, 3.63) is 40.8 Å². The van der Waals surface area contributed by atoms with Gasteiger partial charge in [0.1, 0.15) is 11.0 Å². The van der Waals surface area contributed by atoms with Crippen LogP contribution in [0.2, 0.25) is 5.15 Å². The normalized spacial score (nSPS) is 17.6. The maximum absolute atomic E-state index is 13.3. The third-order valence-corrected chi connectivity index (χ3v) is 5.27. The van der Waals surface area contributed by atoms with E-state index in [1.165, 1.54) is 25.0 Å². The fraction of sp³-hybridized carbons (Fsp3) is 0.474. The molecule has 0 bridgehead atoms. The molecule has 0 spiro atoms. The lowest BCUT2D eigenvalue weighted by molar-refractivity contribution is 0.0921. The van der Waals surface area contributed by atoms with Gasteiger partial charge in [-0.1, -0.05) is 18.5 Å². The first-order chi connectivity index (χ1) is 11.9. The molecule has 0 saturated carbocycles. The zero-order valence-electron chi connectivity index (χ0n) is 14.6. The molecular weight excluding hydrogens is 341 g/mol. The average Bonchev–Trinajstić information content (AvgIpc) is 2.59. The summed E-state index contributed by atoms with van der Waals surface area (Å²) in [6.07, 6.45) is 2.41. The van der Waals surface area contributed by atoms with Gasteiger partial charge >= 0.3 is 0 Å². The van der Waals surface area contributed by atoms with E-state index >= 15 is 0 Å². The van der Waals surface area contributed by atoms with Gasteiger partial charge in [-0.3, -0.25) is 9.69 Å². The number of benzene rings is 1. The smallest absolute Gasteiger partial charge is 0.254 e. The third-order valence-electron chi connectivity index (χ3n) is 4.98. The number of rotatable bonds is 4. The van der Waals surface area contributed by atoms with Crippen molar-refractivity contribution in [2.75, 3.05) is 19.6 Å². The number of fused-ring (bicyclic) bond motifs is 1. The van der Waals surface area contributed by atoms with Gasteiger partial charge in [0, 0.05) is 24.0 Å². The molecule has 0 aliphatic carbocycles. The molecule has 2 heterocycles. The number of hydrogen-bond acceptors (Lipinski definition) is 3. The first-order valence-electron chi connectivity index (χ1n) is 8.72. The predicted molar refractivity (Wildman–Crippen MR) is 98.5 cm³/mol. The fourth-order valence-electron chi connectivity index (χ4n) is 3.21. The number of halogens is 2. The SMILES string of the molecule is CC1CCN(C(C)CNC(=O)c2cc3ccc(F)cc3nc2Cl)CC1. The summed E-state index contributed by atoms with van der Waals surface area (Å²) in [7, 11) is 0. The van der Waals surface area contributed by atoms with E-state index in [0.29, 0.717) is 23.0 Å². The number of nitrogens with zero attached hydrogens (tertiary/aromatic N) is 2. The lowest BCUT2D eigenvalue weighted by Crippen LogP contribution is -2.45. The van der Waals surface area contributed by atoms with Gasteiger partial charge in [0.05, 0.1) is 11.1 Å². The summed E-state index contributed by atoms with van der Waals surface area (Å²) < 4.78 is 13.3. The molecule has 25 heavy (non-hydrogen) atoms. The highest BCUT2D eigenvalue weighted by Gasteiger charge is 2.21. The van der Waals surface area contributed by atoms with Gasteiger partial charge in [-0.25, -0.2) is 9.37 Å². The Hall–Kier alpha value is -1.72. The van der Waals surface area contributed by atoms with Crippen LogP contribution in [0.1, 0.15) is 37.0 Å². The number of nitrogens with one attached hydrogen (secondary N) is 1. The van der Waals surface area contributed by atoms with Crippen LogP contribution in [0.5, 0.6) is 0 Å². The molecular formula is C19H23ClFN3O. The highest BCUT2D eigenvalue weighted by Crippen LogP contribution is 2.22. The summed E-state index contributed by atoms with van der Waals surface area (Å²) in [4.78, 5) is 19.0. The molecule has 3 rings (SSSR count). The highest BCUT2D eigenvalue weighted by molar-refractivity contribution is 6.33. The molecule has 1 saturated heterocycles. The van der Waals surface area contributed by atoms with E-state index in [1.807, 2.05) is 0 Å². The Labute approximate surface area is 152 Å². The van der Waals surface area contributed by atoms with Crippen molar-refractivity contribution in [1.82, 2.24) is 15.2 Å². The number of hydrogen-bond donors (Lipinski definition) is 1.